The molecule has 29 heavy (non-hydrogen) atoms. The SMILES string of the molecule is O=C(C=Cc1ccc(N2CCCC2=O)cc1)NCc1ncc(-c2ccccc2)o1. The zero-order chi connectivity index (χ0) is 20.1. The first-order valence-electron chi connectivity index (χ1n) is 9.55. The summed E-state index contributed by atoms with van der Waals surface area (Å²) in [5.74, 6) is 1.05. The quantitative estimate of drug-likeness (QED) is 0.653. The molecule has 2 heterocycles. The Labute approximate surface area is 168 Å². The van der Waals surface area contributed by atoms with Gasteiger partial charge in [0.1, 0.15) is 0 Å². The fourth-order valence-corrected chi connectivity index (χ4v) is 3.21. The van der Waals surface area contributed by atoms with E-state index < -0.39 is 0 Å². The maximum absolute atomic E-state index is 12.1. The molecule has 0 spiro atoms. The van der Waals surface area contributed by atoms with E-state index in [9.17, 15) is 9.59 Å². The molecule has 4 rings (SSSR count). The molecule has 0 atom stereocenters. The maximum atomic E-state index is 12.1. The second-order valence-corrected chi connectivity index (χ2v) is 6.78. The van der Waals surface area contributed by atoms with E-state index in [1.807, 2.05) is 54.6 Å². The van der Waals surface area contributed by atoms with E-state index in [-0.39, 0.29) is 18.4 Å². The minimum absolute atomic E-state index is 0.162. The standard InChI is InChI=1S/C23H21N3O3/c27-21(24-16-22-25-15-20(29-22)18-5-2-1-3-6-18)13-10-17-8-11-19(12-9-17)26-14-4-7-23(26)28/h1-3,5-6,8-13,15H,4,7,14,16H2,(H,24,27). The molecule has 0 bridgehead atoms. The van der Waals surface area contributed by atoms with Crippen molar-refractivity contribution in [3.63, 3.8) is 0 Å². The van der Waals surface area contributed by atoms with E-state index in [1.165, 1.54) is 6.08 Å². The lowest BCUT2D eigenvalue weighted by atomic mass is 10.2. The highest BCUT2D eigenvalue weighted by atomic mass is 16.4. The fourth-order valence-electron chi connectivity index (χ4n) is 3.21. The average molecular weight is 387 g/mol. The van der Waals surface area contributed by atoms with E-state index in [0.29, 0.717) is 18.1 Å². The van der Waals surface area contributed by atoms with Gasteiger partial charge in [-0.2, -0.15) is 0 Å². The Kier molecular flexibility index (Phi) is 5.52. The lowest BCUT2D eigenvalue weighted by Crippen LogP contribution is -2.23. The first-order chi connectivity index (χ1) is 14.2. The summed E-state index contributed by atoms with van der Waals surface area (Å²) in [6.45, 7) is 0.981. The van der Waals surface area contributed by atoms with Crippen LogP contribution in [0.4, 0.5) is 5.69 Å². The number of hydrogen-bond acceptors (Lipinski definition) is 4. The Morgan fingerprint density at radius 2 is 1.93 bits per heavy atom. The highest BCUT2D eigenvalue weighted by Gasteiger charge is 2.21. The predicted octanol–water partition coefficient (Wildman–Crippen LogP) is 3.80. The van der Waals surface area contributed by atoms with Gasteiger partial charge in [-0.1, -0.05) is 42.5 Å². The van der Waals surface area contributed by atoms with Gasteiger partial charge < -0.3 is 14.6 Å². The van der Waals surface area contributed by atoms with Gasteiger partial charge in [0.15, 0.2) is 5.76 Å². The van der Waals surface area contributed by atoms with Crippen molar-refractivity contribution >= 4 is 23.6 Å². The molecule has 2 aromatic carbocycles. The number of carbonyl (C=O) groups excluding carboxylic acids is 2. The number of nitrogens with one attached hydrogen (secondary N) is 1. The number of carbonyl (C=O) groups is 2. The van der Waals surface area contributed by atoms with Gasteiger partial charge in [0, 0.05) is 30.3 Å². The van der Waals surface area contributed by atoms with Gasteiger partial charge in [0.2, 0.25) is 17.7 Å². The minimum Gasteiger partial charge on any atom is -0.439 e. The van der Waals surface area contributed by atoms with Gasteiger partial charge >= 0.3 is 0 Å². The molecule has 2 amide bonds. The Hall–Kier alpha value is -3.67. The number of hydrogen-bond donors (Lipinski definition) is 1. The van der Waals surface area contributed by atoms with Gasteiger partial charge in [0.05, 0.1) is 12.7 Å². The molecule has 0 radical (unpaired) electrons. The summed E-state index contributed by atoms with van der Waals surface area (Å²) in [5, 5.41) is 2.76. The molecule has 0 unspecified atom stereocenters. The summed E-state index contributed by atoms with van der Waals surface area (Å²) in [5.41, 5.74) is 2.72. The van der Waals surface area contributed by atoms with Crippen molar-refractivity contribution in [1.29, 1.82) is 0 Å². The van der Waals surface area contributed by atoms with Crippen LogP contribution in [0.25, 0.3) is 17.4 Å². The Balaban J connectivity index is 1.30. The summed E-state index contributed by atoms with van der Waals surface area (Å²) in [7, 11) is 0. The molecule has 6 heteroatoms. The van der Waals surface area contributed by atoms with E-state index in [1.54, 1.807) is 17.2 Å². The molecule has 1 aliphatic heterocycles. The van der Waals surface area contributed by atoms with Gasteiger partial charge in [0.25, 0.3) is 0 Å². The predicted molar refractivity (Wildman–Crippen MR) is 111 cm³/mol. The topological polar surface area (TPSA) is 75.4 Å². The molecule has 1 aromatic heterocycles. The van der Waals surface area contributed by atoms with Crippen LogP contribution in [0.1, 0.15) is 24.3 Å². The van der Waals surface area contributed by atoms with Crippen LogP contribution in [-0.4, -0.2) is 23.3 Å². The van der Waals surface area contributed by atoms with Crippen molar-refractivity contribution in [3.8, 4) is 11.3 Å². The molecule has 3 aromatic rings. The summed E-state index contributed by atoms with van der Waals surface area (Å²) in [6, 6.07) is 17.3. The van der Waals surface area contributed by atoms with Crippen molar-refractivity contribution in [1.82, 2.24) is 10.3 Å². The van der Waals surface area contributed by atoms with Gasteiger partial charge in [-0.05, 0) is 30.2 Å². The number of nitrogens with zero attached hydrogens (tertiary/aromatic N) is 2. The van der Waals surface area contributed by atoms with Crippen molar-refractivity contribution < 1.29 is 14.0 Å². The lowest BCUT2D eigenvalue weighted by Gasteiger charge is -2.15. The number of benzene rings is 2. The normalized spacial score (nSPS) is 13.9. The Bertz CT molecular complexity index is 1020. The molecule has 0 saturated carbocycles. The summed E-state index contributed by atoms with van der Waals surface area (Å²) >= 11 is 0. The highest BCUT2D eigenvalue weighted by molar-refractivity contribution is 5.95. The third-order valence-corrected chi connectivity index (χ3v) is 4.73. The van der Waals surface area contributed by atoms with Crippen molar-refractivity contribution in [2.24, 2.45) is 0 Å². The zero-order valence-corrected chi connectivity index (χ0v) is 15.9. The van der Waals surface area contributed by atoms with Crippen LogP contribution in [0, 0.1) is 0 Å². The van der Waals surface area contributed by atoms with Crippen molar-refractivity contribution in [2.75, 3.05) is 11.4 Å². The van der Waals surface area contributed by atoms with Crippen molar-refractivity contribution in [2.45, 2.75) is 19.4 Å². The zero-order valence-electron chi connectivity index (χ0n) is 15.9. The molecule has 1 fully saturated rings. The molecule has 1 aliphatic rings. The summed E-state index contributed by atoms with van der Waals surface area (Å²) in [4.78, 5) is 29.8. The maximum Gasteiger partial charge on any atom is 0.244 e. The summed E-state index contributed by atoms with van der Waals surface area (Å²) < 4.78 is 5.67. The van der Waals surface area contributed by atoms with E-state index in [2.05, 4.69) is 10.3 Å². The van der Waals surface area contributed by atoms with Crippen molar-refractivity contribution in [3.05, 3.63) is 78.3 Å². The van der Waals surface area contributed by atoms with Crippen LogP contribution in [0.5, 0.6) is 0 Å². The van der Waals surface area contributed by atoms with E-state index >= 15 is 0 Å². The number of amides is 2. The smallest absolute Gasteiger partial charge is 0.244 e. The highest BCUT2D eigenvalue weighted by Crippen LogP contribution is 2.22. The molecule has 1 N–H and O–H groups in total. The number of aromatic nitrogens is 1. The number of oxazole rings is 1. The number of anilines is 1. The Morgan fingerprint density at radius 1 is 1.14 bits per heavy atom. The van der Waals surface area contributed by atoms with Gasteiger partial charge in [-0.3, -0.25) is 9.59 Å². The largest absolute Gasteiger partial charge is 0.439 e. The molecule has 146 valence electrons. The summed E-state index contributed by atoms with van der Waals surface area (Å²) in [6.07, 6.45) is 6.36. The average Bonchev–Trinajstić information content (AvgIpc) is 3.41. The number of rotatable bonds is 6. The molecular formula is C23H21N3O3. The Morgan fingerprint density at radius 3 is 2.66 bits per heavy atom. The van der Waals surface area contributed by atoms with Crippen LogP contribution < -0.4 is 10.2 Å². The monoisotopic (exact) mass is 387 g/mol. The van der Waals surface area contributed by atoms with Crippen LogP contribution in [0.2, 0.25) is 0 Å². The molecule has 1 saturated heterocycles. The van der Waals surface area contributed by atoms with Crippen LogP contribution >= 0.6 is 0 Å². The minimum atomic E-state index is -0.233. The second-order valence-electron chi connectivity index (χ2n) is 6.78. The van der Waals surface area contributed by atoms with Crippen LogP contribution in [-0.2, 0) is 16.1 Å². The molecular weight excluding hydrogens is 366 g/mol. The van der Waals surface area contributed by atoms with E-state index in [0.717, 1.165) is 29.8 Å². The molecule has 0 aliphatic carbocycles. The first-order valence-corrected chi connectivity index (χ1v) is 9.55. The third kappa shape index (κ3) is 4.60. The van der Waals surface area contributed by atoms with Crippen LogP contribution in [0.3, 0.4) is 0 Å². The molecule has 6 nitrogen and oxygen atoms in total. The van der Waals surface area contributed by atoms with Gasteiger partial charge in [-0.15, -0.1) is 0 Å². The lowest BCUT2D eigenvalue weighted by molar-refractivity contribution is -0.117. The fraction of sp³-hybridized carbons (Fsp3) is 0.174. The first kappa shape index (κ1) is 18.7. The van der Waals surface area contributed by atoms with E-state index in [4.69, 9.17) is 4.42 Å². The van der Waals surface area contributed by atoms with Crippen LogP contribution in [0.15, 0.2) is 71.3 Å². The van der Waals surface area contributed by atoms with Gasteiger partial charge in [-0.25, -0.2) is 4.98 Å². The second kappa shape index (κ2) is 8.56. The third-order valence-electron chi connectivity index (χ3n) is 4.73.